The van der Waals surface area contributed by atoms with Gasteiger partial charge in [0.05, 0.1) is 10.7 Å². The van der Waals surface area contributed by atoms with Gasteiger partial charge in [0.1, 0.15) is 6.04 Å². The molecule has 0 fully saturated rings. The number of hydrogen-bond donors (Lipinski definition) is 2. The number of phenolic OH excluding ortho intramolecular Hbond substituents is 1. The van der Waals surface area contributed by atoms with Crippen molar-refractivity contribution in [3.8, 4) is 11.5 Å². The third kappa shape index (κ3) is 2.70. The number of halogens is 4. The fraction of sp³-hybridized carbons (Fsp3) is 0.333. The third-order valence-corrected chi connectivity index (χ3v) is 2.80. The van der Waals surface area contributed by atoms with Crippen LogP contribution in [-0.4, -0.2) is 18.4 Å². The molecular weight excluding hydrogens is 338 g/mol. The SMILES string of the molecule is COc1cc([C@@H](N)C(F)(F)F)cc(I)c1O. The van der Waals surface area contributed by atoms with Crippen LogP contribution < -0.4 is 10.5 Å². The molecule has 0 bridgehead atoms. The lowest BCUT2D eigenvalue weighted by molar-refractivity contribution is -0.149. The Morgan fingerprint density at radius 1 is 1.44 bits per heavy atom. The van der Waals surface area contributed by atoms with Crippen molar-refractivity contribution >= 4 is 22.6 Å². The molecule has 0 amide bonds. The Hall–Kier alpha value is -0.700. The largest absolute Gasteiger partial charge is 0.504 e. The van der Waals surface area contributed by atoms with E-state index >= 15 is 0 Å². The van der Waals surface area contributed by atoms with Crippen LogP contribution in [0.1, 0.15) is 11.6 Å². The standard InChI is InChI=1S/C9H9F3INO2/c1-16-6-3-4(2-5(13)7(6)15)8(14)9(10,11)12/h2-3,8,15H,14H2,1H3/t8-/m1/s1. The second-order valence-corrected chi connectivity index (χ2v) is 4.24. The maximum Gasteiger partial charge on any atom is 0.407 e. The molecule has 0 aliphatic rings. The van der Waals surface area contributed by atoms with Crippen LogP contribution in [0, 0.1) is 3.57 Å². The molecule has 0 saturated heterocycles. The van der Waals surface area contributed by atoms with Crippen LogP contribution in [0.4, 0.5) is 13.2 Å². The minimum absolute atomic E-state index is 0.0263. The zero-order chi connectivity index (χ0) is 12.5. The van der Waals surface area contributed by atoms with Gasteiger partial charge in [-0.25, -0.2) is 0 Å². The smallest absolute Gasteiger partial charge is 0.407 e. The first-order chi connectivity index (χ1) is 7.27. The average Bonchev–Trinajstić information content (AvgIpc) is 2.19. The molecule has 3 nitrogen and oxygen atoms in total. The van der Waals surface area contributed by atoms with E-state index < -0.39 is 12.2 Å². The van der Waals surface area contributed by atoms with E-state index in [2.05, 4.69) is 0 Å². The fourth-order valence-corrected chi connectivity index (χ4v) is 1.74. The summed E-state index contributed by atoms with van der Waals surface area (Å²) in [5.41, 5.74) is 4.90. The van der Waals surface area contributed by atoms with Crippen LogP contribution in [0.3, 0.4) is 0 Å². The highest BCUT2D eigenvalue weighted by atomic mass is 127. The van der Waals surface area contributed by atoms with Crippen LogP contribution in [-0.2, 0) is 0 Å². The van der Waals surface area contributed by atoms with Gasteiger partial charge in [-0.15, -0.1) is 0 Å². The first kappa shape index (κ1) is 13.4. The monoisotopic (exact) mass is 347 g/mol. The molecule has 0 unspecified atom stereocenters. The van der Waals surface area contributed by atoms with E-state index in [-0.39, 0.29) is 20.6 Å². The molecule has 1 aromatic carbocycles. The summed E-state index contributed by atoms with van der Waals surface area (Å²) in [4.78, 5) is 0. The number of rotatable bonds is 2. The summed E-state index contributed by atoms with van der Waals surface area (Å²) < 4.78 is 42.1. The van der Waals surface area contributed by atoms with Gasteiger partial charge in [0.25, 0.3) is 0 Å². The van der Waals surface area contributed by atoms with Gasteiger partial charge >= 0.3 is 6.18 Å². The molecule has 0 aromatic heterocycles. The number of nitrogens with two attached hydrogens (primary N) is 1. The lowest BCUT2D eigenvalue weighted by Gasteiger charge is -2.17. The van der Waals surface area contributed by atoms with E-state index in [1.54, 1.807) is 22.6 Å². The molecule has 0 radical (unpaired) electrons. The molecule has 90 valence electrons. The zero-order valence-electron chi connectivity index (χ0n) is 8.18. The summed E-state index contributed by atoms with van der Waals surface area (Å²) in [6.07, 6.45) is -4.52. The van der Waals surface area contributed by atoms with E-state index in [4.69, 9.17) is 10.5 Å². The van der Waals surface area contributed by atoms with Gasteiger partial charge in [-0.05, 0) is 40.3 Å². The van der Waals surface area contributed by atoms with Crippen LogP contribution >= 0.6 is 22.6 Å². The predicted octanol–water partition coefficient (Wildman–Crippen LogP) is 2.57. The Balaban J connectivity index is 3.21. The summed E-state index contributed by atoms with van der Waals surface area (Å²) in [6.45, 7) is 0. The molecule has 0 spiro atoms. The molecule has 0 heterocycles. The maximum atomic E-state index is 12.4. The summed E-state index contributed by atoms with van der Waals surface area (Å²) >= 11 is 1.71. The first-order valence-electron chi connectivity index (χ1n) is 4.16. The van der Waals surface area contributed by atoms with Crippen molar-refractivity contribution in [1.82, 2.24) is 0 Å². The third-order valence-electron chi connectivity index (χ3n) is 1.98. The van der Waals surface area contributed by atoms with Crippen LogP contribution in [0.2, 0.25) is 0 Å². The number of methoxy groups -OCH3 is 1. The van der Waals surface area contributed by atoms with Crippen LogP contribution in [0.15, 0.2) is 12.1 Å². The van der Waals surface area contributed by atoms with Crippen molar-refractivity contribution in [2.24, 2.45) is 5.73 Å². The van der Waals surface area contributed by atoms with Crippen molar-refractivity contribution < 1.29 is 23.0 Å². The Morgan fingerprint density at radius 3 is 2.44 bits per heavy atom. The minimum Gasteiger partial charge on any atom is -0.504 e. The molecule has 1 atom stereocenters. The van der Waals surface area contributed by atoms with Gasteiger partial charge in [0, 0.05) is 0 Å². The second kappa shape index (κ2) is 4.66. The topological polar surface area (TPSA) is 55.5 Å². The molecule has 1 rings (SSSR count). The average molecular weight is 347 g/mol. The van der Waals surface area contributed by atoms with Crippen molar-refractivity contribution in [1.29, 1.82) is 0 Å². The van der Waals surface area contributed by atoms with E-state index in [9.17, 15) is 18.3 Å². The first-order valence-corrected chi connectivity index (χ1v) is 5.24. The number of aromatic hydroxyl groups is 1. The van der Waals surface area contributed by atoms with Crippen molar-refractivity contribution in [2.45, 2.75) is 12.2 Å². The zero-order valence-corrected chi connectivity index (χ0v) is 10.3. The summed E-state index contributed by atoms with van der Waals surface area (Å²) in [6, 6.07) is 0.169. The van der Waals surface area contributed by atoms with Gasteiger partial charge in [-0.1, -0.05) is 0 Å². The number of ether oxygens (including phenoxy) is 1. The predicted molar refractivity (Wildman–Crippen MR) is 60.4 cm³/mol. The molecule has 1 aromatic rings. The van der Waals surface area contributed by atoms with E-state index in [1.807, 2.05) is 0 Å². The Labute approximate surface area is 104 Å². The molecule has 0 saturated carbocycles. The van der Waals surface area contributed by atoms with Gasteiger partial charge in [-0.3, -0.25) is 0 Å². The van der Waals surface area contributed by atoms with E-state index in [1.165, 1.54) is 13.2 Å². The highest BCUT2D eigenvalue weighted by Crippen LogP contribution is 2.37. The van der Waals surface area contributed by atoms with Crippen molar-refractivity contribution in [2.75, 3.05) is 7.11 Å². The summed E-state index contributed by atoms with van der Waals surface area (Å²) in [5.74, 6) is -0.220. The number of phenols is 1. The van der Waals surface area contributed by atoms with Crippen molar-refractivity contribution in [3.63, 3.8) is 0 Å². The van der Waals surface area contributed by atoms with Crippen LogP contribution in [0.5, 0.6) is 11.5 Å². The molecule has 16 heavy (non-hydrogen) atoms. The maximum absolute atomic E-state index is 12.4. The fourth-order valence-electron chi connectivity index (χ4n) is 1.12. The Bertz CT molecular complexity index is 395. The number of alkyl halides is 3. The Morgan fingerprint density at radius 2 is 2.00 bits per heavy atom. The molecule has 7 heteroatoms. The highest BCUT2D eigenvalue weighted by molar-refractivity contribution is 14.1. The Kier molecular flexibility index (Phi) is 3.89. The minimum atomic E-state index is -4.52. The number of hydrogen-bond acceptors (Lipinski definition) is 3. The van der Waals surface area contributed by atoms with Gasteiger partial charge in [0.2, 0.25) is 0 Å². The van der Waals surface area contributed by atoms with Gasteiger partial charge in [0.15, 0.2) is 11.5 Å². The highest BCUT2D eigenvalue weighted by Gasteiger charge is 2.38. The van der Waals surface area contributed by atoms with Crippen LogP contribution in [0.25, 0.3) is 0 Å². The lowest BCUT2D eigenvalue weighted by atomic mass is 10.1. The lowest BCUT2D eigenvalue weighted by Crippen LogP contribution is -2.28. The quantitative estimate of drug-likeness (QED) is 0.809. The van der Waals surface area contributed by atoms with Crippen molar-refractivity contribution in [3.05, 3.63) is 21.3 Å². The van der Waals surface area contributed by atoms with E-state index in [0.29, 0.717) is 0 Å². The normalized spacial score (nSPS) is 13.6. The van der Waals surface area contributed by atoms with Gasteiger partial charge < -0.3 is 15.6 Å². The van der Waals surface area contributed by atoms with Gasteiger partial charge in [-0.2, -0.15) is 13.2 Å². The summed E-state index contributed by atoms with van der Waals surface area (Å²) in [7, 11) is 1.26. The molecule has 0 aliphatic heterocycles. The number of benzene rings is 1. The van der Waals surface area contributed by atoms with E-state index in [0.717, 1.165) is 6.07 Å². The molecular formula is C9H9F3INO2. The molecule has 3 N–H and O–H groups in total. The summed E-state index contributed by atoms with van der Waals surface area (Å²) in [5, 5.41) is 9.45. The molecule has 0 aliphatic carbocycles. The second-order valence-electron chi connectivity index (χ2n) is 3.07.